The zero-order valence-corrected chi connectivity index (χ0v) is 13.5. The van der Waals surface area contributed by atoms with E-state index in [0.717, 1.165) is 44.1 Å². The lowest BCUT2D eigenvalue weighted by Crippen LogP contribution is -1.89. The number of para-hydroxylation sites is 2. The Morgan fingerprint density at radius 3 is 2.36 bits per heavy atom. The van der Waals surface area contributed by atoms with E-state index < -0.39 is 0 Å². The summed E-state index contributed by atoms with van der Waals surface area (Å²) in [6.45, 7) is 0. The molecule has 0 saturated heterocycles. The predicted octanol–water partition coefficient (Wildman–Crippen LogP) is 6.07. The van der Waals surface area contributed by atoms with E-state index in [1.54, 1.807) is 0 Å². The maximum absolute atomic E-state index is 6.27. The molecular weight excluding hydrogens is 308 g/mol. The van der Waals surface area contributed by atoms with Crippen LogP contribution < -0.4 is 11.1 Å². The number of furan rings is 1. The largest absolute Gasteiger partial charge is 0.452 e. The number of anilines is 3. The van der Waals surface area contributed by atoms with E-state index in [2.05, 4.69) is 23.5 Å². The predicted molar refractivity (Wildman–Crippen MR) is 105 cm³/mol. The van der Waals surface area contributed by atoms with Crippen LogP contribution in [0.1, 0.15) is 0 Å². The van der Waals surface area contributed by atoms with Crippen molar-refractivity contribution in [3.05, 3.63) is 78.9 Å². The molecule has 0 bridgehead atoms. The van der Waals surface area contributed by atoms with E-state index >= 15 is 0 Å². The van der Waals surface area contributed by atoms with Crippen molar-refractivity contribution in [1.29, 1.82) is 0 Å². The Balaban J connectivity index is 1.84. The van der Waals surface area contributed by atoms with Crippen LogP contribution in [0, 0.1) is 0 Å². The third-order valence-electron chi connectivity index (χ3n) is 4.57. The van der Waals surface area contributed by atoms with Gasteiger partial charge in [0.25, 0.3) is 0 Å². The first-order valence-electron chi connectivity index (χ1n) is 8.26. The number of hydrogen-bond donors (Lipinski definition) is 2. The van der Waals surface area contributed by atoms with E-state index in [1.807, 2.05) is 60.7 Å². The smallest absolute Gasteiger partial charge is 0.159 e. The van der Waals surface area contributed by atoms with Gasteiger partial charge in [-0.2, -0.15) is 0 Å². The van der Waals surface area contributed by atoms with Crippen molar-refractivity contribution in [3.63, 3.8) is 0 Å². The highest BCUT2D eigenvalue weighted by Gasteiger charge is 2.15. The van der Waals surface area contributed by atoms with Gasteiger partial charge in [-0.15, -0.1) is 0 Å². The zero-order chi connectivity index (χ0) is 16.8. The van der Waals surface area contributed by atoms with Gasteiger partial charge in [0.1, 0.15) is 0 Å². The van der Waals surface area contributed by atoms with Crippen LogP contribution in [-0.4, -0.2) is 0 Å². The number of fused-ring (bicyclic) bond motifs is 5. The van der Waals surface area contributed by atoms with Gasteiger partial charge in [0.2, 0.25) is 0 Å². The first-order valence-corrected chi connectivity index (χ1v) is 8.26. The molecule has 0 atom stereocenters. The summed E-state index contributed by atoms with van der Waals surface area (Å²) in [7, 11) is 0. The molecule has 25 heavy (non-hydrogen) atoms. The minimum Gasteiger partial charge on any atom is -0.452 e. The monoisotopic (exact) mass is 324 g/mol. The average molecular weight is 324 g/mol. The second kappa shape index (κ2) is 5.28. The fourth-order valence-corrected chi connectivity index (χ4v) is 3.45. The summed E-state index contributed by atoms with van der Waals surface area (Å²) in [6, 6.07) is 26.5. The maximum atomic E-state index is 6.27. The van der Waals surface area contributed by atoms with Crippen LogP contribution in [0.15, 0.2) is 83.3 Å². The van der Waals surface area contributed by atoms with Crippen molar-refractivity contribution in [1.82, 2.24) is 0 Å². The van der Waals surface area contributed by atoms with Crippen molar-refractivity contribution in [3.8, 4) is 0 Å². The van der Waals surface area contributed by atoms with Crippen LogP contribution >= 0.6 is 0 Å². The van der Waals surface area contributed by atoms with E-state index in [4.69, 9.17) is 10.2 Å². The van der Waals surface area contributed by atoms with Crippen LogP contribution in [0.4, 0.5) is 17.1 Å². The second-order valence-corrected chi connectivity index (χ2v) is 6.17. The van der Waals surface area contributed by atoms with Gasteiger partial charge in [0, 0.05) is 16.5 Å². The highest BCUT2D eigenvalue weighted by Crippen LogP contribution is 2.40. The second-order valence-electron chi connectivity index (χ2n) is 6.17. The molecule has 0 unspecified atom stereocenters. The number of nitrogens with one attached hydrogen (secondary N) is 1. The van der Waals surface area contributed by atoms with Gasteiger partial charge in [-0.1, -0.05) is 54.6 Å². The van der Waals surface area contributed by atoms with Crippen molar-refractivity contribution >= 4 is 49.8 Å². The molecule has 0 aliphatic carbocycles. The Kier molecular flexibility index (Phi) is 2.94. The first kappa shape index (κ1) is 13.9. The van der Waals surface area contributed by atoms with Gasteiger partial charge < -0.3 is 15.5 Å². The Morgan fingerprint density at radius 2 is 1.48 bits per heavy atom. The van der Waals surface area contributed by atoms with Crippen LogP contribution in [0.25, 0.3) is 32.7 Å². The van der Waals surface area contributed by atoms with Crippen LogP contribution in [0.2, 0.25) is 0 Å². The molecule has 0 aliphatic rings. The van der Waals surface area contributed by atoms with Crippen molar-refractivity contribution in [2.75, 3.05) is 11.1 Å². The normalized spacial score (nSPS) is 11.4. The maximum Gasteiger partial charge on any atom is 0.159 e. The van der Waals surface area contributed by atoms with Crippen molar-refractivity contribution in [2.45, 2.75) is 0 Å². The number of hydrogen-bond acceptors (Lipinski definition) is 3. The van der Waals surface area contributed by atoms with Gasteiger partial charge in [-0.25, -0.2) is 0 Å². The molecule has 1 aromatic heterocycles. The minimum absolute atomic E-state index is 0.663. The molecule has 4 aromatic carbocycles. The molecule has 1 heterocycles. The van der Waals surface area contributed by atoms with E-state index in [1.165, 1.54) is 0 Å². The summed E-state index contributed by atoms with van der Waals surface area (Å²) in [4.78, 5) is 0. The highest BCUT2D eigenvalue weighted by molar-refractivity contribution is 6.23. The molecule has 0 fully saturated rings. The number of benzene rings is 4. The van der Waals surface area contributed by atoms with E-state index in [0.29, 0.717) is 5.69 Å². The molecule has 5 aromatic rings. The molecule has 3 heteroatoms. The first-order chi connectivity index (χ1) is 12.3. The quantitative estimate of drug-likeness (QED) is 0.388. The molecule has 3 N–H and O–H groups in total. The Hall–Kier alpha value is -3.46. The van der Waals surface area contributed by atoms with Gasteiger partial charge in [-0.05, 0) is 35.0 Å². The van der Waals surface area contributed by atoms with Crippen LogP contribution in [0.3, 0.4) is 0 Å². The molecule has 0 aliphatic heterocycles. The summed E-state index contributed by atoms with van der Waals surface area (Å²) >= 11 is 0. The van der Waals surface area contributed by atoms with E-state index in [-0.39, 0.29) is 0 Å². The Labute approximate surface area is 144 Å². The topological polar surface area (TPSA) is 51.2 Å². The fraction of sp³-hybridized carbons (Fsp3) is 0. The third-order valence-corrected chi connectivity index (χ3v) is 4.57. The highest BCUT2D eigenvalue weighted by atomic mass is 16.3. The SMILES string of the molecule is Nc1cc2ccccc2c2c1oc1c(Nc3ccccc3)cccc12. The van der Waals surface area contributed by atoms with Gasteiger partial charge in [-0.3, -0.25) is 0 Å². The van der Waals surface area contributed by atoms with Crippen LogP contribution in [-0.2, 0) is 0 Å². The number of nitrogen functional groups attached to an aromatic ring is 1. The minimum atomic E-state index is 0.663. The molecule has 0 amide bonds. The summed E-state index contributed by atoms with van der Waals surface area (Å²) in [5, 5.41) is 7.86. The lowest BCUT2D eigenvalue weighted by atomic mass is 10.0. The molecular formula is C22H16N2O. The standard InChI is InChI=1S/C22H16N2O/c23-18-13-14-7-4-5-10-16(14)20-17-11-6-12-19(21(17)25-22(18)20)24-15-8-2-1-3-9-15/h1-13,24H,23H2. The number of nitrogens with two attached hydrogens (primary N) is 1. The third kappa shape index (κ3) is 2.13. The zero-order valence-electron chi connectivity index (χ0n) is 13.5. The van der Waals surface area contributed by atoms with Crippen molar-refractivity contribution < 1.29 is 4.42 Å². The summed E-state index contributed by atoms with van der Waals surface area (Å²) in [5.74, 6) is 0. The van der Waals surface area contributed by atoms with Gasteiger partial charge >= 0.3 is 0 Å². The lowest BCUT2D eigenvalue weighted by Gasteiger charge is -2.06. The van der Waals surface area contributed by atoms with E-state index in [9.17, 15) is 0 Å². The molecule has 3 nitrogen and oxygen atoms in total. The van der Waals surface area contributed by atoms with Crippen LogP contribution in [0.5, 0.6) is 0 Å². The molecule has 5 rings (SSSR count). The Bertz CT molecular complexity index is 1220. The Morgan fingerprint density at radius 1 is 0.720 bits per heavy atom. The summed E-state index contributed by atoms with van der Waals surface area (Å²) in [6.07, 6.45) is 0. The molecule has 0 saturated carbocycles. The molecule has 120 valence electrons. The number of rotatable bonds is 2. The van der Waals surface area contributed by atoms with Crippen molar-refractivity contribution in [2.24, 2.45) is 0 Å². The fourth-order valence-electron chi connectivity index (χ4n) is 3.45. The summed E-state index contributed by atoms with van der Waals surface area (Å²) in [5.41, 5.74) is 10.5. The lowest BCUT2D eigenvalue weighted by molar-refractivity contribution is 0.672. The molecule has 0 spiro atoms. The van der Waals surface area contributed by atoms with Gasteiger partial charge in [0.15, 0.2) is 11.2 Å². The summed E-state index contributed by atoms with van der Waals surface area (Å²) < 4.78 is 6.21. The molecule has 0 radical (unpaired) electrons. The average Bonchev–Trinajstić information content (AvgIpc) is 3.05. The van der Waals surface area contributed by atoms with Gasteiger partial charge in [0.05, 0.1) is 11.4 Å².